The summed E-state index contributed by atoms with van der Waals surface area (Å²) >= 11 is 0. The van der Waals surface area contributed by atoms with Crippen molar-refractivity contribution in [3.8, 4) is 0 Å². The smallest absolute Gasteiger partial charge is 0.0235 e. The highest BCUT2D eigenvalue weighted by Crippen LogP contribution is 2.16. The first-order valence-electron chi connectivity index (χ1n) is 5.10. The fourth-order valence-electron chi connectivity index (χ4n) is 1.57. The van der Waals surface area contributed by atoms with Crippen LogP contribution in [0.15, 0.2) is 0 Å². The predicted octanol–water partition coefficient (Wildman–Crippen LogP) is 2.91. The SMILES string of the molecule is CCCC(CC)CCCN(C)O. The molecule has 0 bridgehead atoms. The Bertz CT molecular complexity index is 93.8. The Kier molecular flexibility index (Phi) is 7.51. The van der Waals surface area contributed by atoms with Crippen LogP contribution in [0.25, 0.3) is 0 Å². The molecular weight excluding hydrogens is 150 g/mol. The third-order valence-corrected chi connectivity index (χ3v) is 2.37. The van der Waals surface area contributed by atoms with Crippen LogP contribution < -0.4 is 0 Å². The second-order valence-electron chi connectivity index (χ2n) is 3.59. The molecule has 1 atom stereocenters. The summed E-state index contributed by atoms with van der Waals surface area (Å²) < 4.78 is 0. The third kappa shape index (κ3) is 6.62. The molecule has 0 spiro atoms. The summed E-state index contributed by atoms with van der Waals surface area (Å²) in [6.07, 6.45) is 6.28. The van der Waals surface area contributed by atoms with Crippen LogP contribution in [0.4, 0.5) is 0 Å². The van der Waals surface area contributed by atoms with Crippen molar-refractivity contribution < 1.29 is 5.21 Å². The Balaban J connectivity index is 3.31. The van der Waals surface area contributed by atoms with Crippen LogP contribution in [0, 0.1) is 5.92 Å². The lowest BCUT2D eigenvalue weighted by molar-refractivity contribution is -0.0662. The molecule has 1 N–H and O–H groups in total. The first kappa shape index (κ1) is 11.9. The van der Waals surface area contributed by atoms with Gasteiger partial charge in [-0.1, -0.05) is 33.1 Å². The summed E-state index contributed by atoms with van der Waals surface area (Å²) in [6.45, 7) is 5.30. The molecule has 2 heteroatoms. The average molecular weight is 173 g/mol. The van der Waals surface area contributed by atoms with Gasteiger partial charge in [0, 0.05) is 13.6 Å². The molecule has 12 heavy (non-hydrogen) atoms. The van der Waals surface area contributed by atoms with Crippen LogP contribution in [0.5, 0.6) is 0 Å². The first-order chi connectivity index (χ1) is 5.70. The largest absolute Gasteiger partial charge is 0.314 e. The number of nitrogens with zero attached hydrogens (tertiary/aromatic N) is 1. The zero-order valence-corrected chi connectivity index (χ0v) is 8.71. The molecular formula is C10H23NO. The maximum absolute atomic E-state index is 8.90. The van der Waals surface area contributed by atoms with E-state index in [0.29, 0.717) is 0 Å². The quantitative estimate of drug-likeness (QED) is 0.598. The van der Waals surface area contributed by atoms with Crippen LogP contribution in [-0.2, 0) is 0 Å². The highest BCUT2D eigenvalue weighted by Gasteiger charge is 2.04. The molecule has 0 aromatic heterocycles. The summed E-state index contributed by atoms with van der Waals surface area (Å²) in [5.74, 6) is 0.870. The van der Waals surface area contributed by atoms with Crippen molar-refractivity contribution in [1.82, 2.24) is 5.06 Å². The molecule has 0 aliphatic carbocycles. The lowest BCUT2D eigenvalue weighted by atomic mass is 9.95. The molecule has 2 nitrogen and oxygen atoms in total. The van der Waals surface area contributed by atoms with Crippen molar-refractivity contribution in [3.05, 3.63) is 0 Å². The summed E-state index contributed by atoms with van der Waals surface area (Å²) in [6, 6.07) is 0. The molecule has 0 aliphatic rings. The monoisotopic (exact) mass is 173 g/mol. The molecule has 0 amide bonds. The summed E-state index contributed by atoms with van der Waals surface area (Å²) in [5.41, 5.74) is 0. The minimum Gasteiger partial charge on any atom is -0.314 e. The van der Waals surface area contributed by atoms with Gasteiger partial charge in [0.2, 0.25) is 0 Å². The van der Waals surface area contributed by atoms with Crippen molar-refractivity contribution in [2.75, 3.05) is 13.6 Å². The van der Waals surface area contributed by atoms with Gasteiger partial charge in [-0.05, 0) is 18.8 Å². The normalized spacial score (nSPS) is 13.8. The van der Waals surface area contributed by atoms with Gasteiger partial charge in [0.1, 0.15) is 0 Å². The summed E-state index contributed by atoms with van der Waals surface area (Å²) in [4.78, 5) is 0. The molecule has 0 heterocycles. The highest BCUT2D eigenvalue weighted by molar-refractivity contribution is 4.57. The van der Waals surface area contributed by atoms with E-state index in [9.17, 15) is 0 Å². The van der Waals surface area contributed by atoms with Gasteiger partial charge < -0.3 is 5.21 Å². The van der Waals surface area contributed by atoms with E-state index in [1.165, 1.54) is 30.7 Å². The zero-order chi connectivity index (χ0) is 9.40. The Morgan fingerprint density at radius 1 is 1.25 bits per heavy atom. The maximum atomic E-state index is 8.90. The van der Waals surface area contributed by atoms with Crippen molar-refractivity contribution in [2.24, 2.45) is 5.92 Å². The van der Waals surface area contributed by atoms with Crippen molar-refractivity contribution in [1.29, 1.82) is 0 Å². The standard InChI is InChI=1S/C10H23NO/c1-4-7-10(5-2)8-6-9-11(3)12/h10,12H,4-9H2,1-3H3. The van der Waals surface area contributed by atoms with Gasteiger partial charge in [0.25, 0.3) is 0 Å². The van der Waals surface area contributed by atoms with Gasteiger partial charge in [-0.2, -0.15) is 5.06 Å². The molecule has 0 radical (unpaired) electrons. The van der Waals surface area contributed by atoms with E-state index in [1.54, 1.807) is 7.05 Å². The Hall–Kier alpha value is -0.0800. The fourth-order valence-corrected chi connectivity index (χ4v) is 1.57. The first-order valence-corrected chi connectivity index (χ1v) is 5.10. The Labute approximate surface area is 76.5 Å². The van der Waals surface area contributed by atoms with E-state index in [1.807, 2.05) is 0 Å². The molecule has 0 rings (SSSR count). The lowest BCUT2D eigenvalue weighted by Crippen LogP contribution is -2.15. The summed E-state index contributed by atoms with van der Waals surface area (Å²) in [5, 5.41) is 10.2. The second-order valence-corrected chi connectivity index (χ2v) is 3.59. The topological polar surface area (TPSA) is 23.5 Å². The number of hydroxylamine groups is 2. The van der Waals surface area contributed by atoms with E-state index >= 15 is 0 Å². The summed E-state index contributed by atoms with van der Waals surface area (Å²) in [7, 11) is 1.71. The van der Waals surface area contributed by atoms with E-state index in [0.717, 1.165) is 18.9 Å². The van der Waals surface area contributed by atoms with Crippen LogP contribution in [-0.4, -0.2) is 23.9 Å². The lowest BCUT2D eigenvalue weighted by Gasteiger charge is -2.14. The van der Waals surface area contributed by atoms with E-state index in [2.05, 4.69) is 13.8 Å². The third-order valence-electron chi connectivity index (χ3n) is 2.37. The molecule has 0 saturated carbocycles. The van der Waals surface area contributed by atoms with Gasteiger partial charge >= 0.3 is 0 Å². The average Bonchev–Trinajstić information content (AvgIpc) is 2.02. The number of rotatable bonds is 7. The molecule has 0 aromatic rings. The molecule has 0 saturated heterocycles. The molecule has 0 fully saturated rings. The van der Waals surface area contributed by atoms with Gasteiger partial charge in [-0.3, -0.25) is 0 Å². The van der Waals surface area contributed by atoms with E-state index in [-0.39, 0.29) is 0 Å². The van der Waals surface area contributed by atoms with Gasteiger partial charge in [-0.25, -0.2) is 0 Å². The van der Waals surface area contributed by atoms with Crippen LogP contribution in [0.1, 0.15) is 46.0 Å². The fraction of sp³-hybridized carbons (Fsp3) is 1.00. The number of hydrogen-bond donors (Lipinski definition) is 1. The van der Waals surface area contributed by atoms with Gasteiger partial charge in [0.15, 0.2) is 0 Å². The Morgan fingerprint density at radius 3 is 2.33 bits per heavy atom. The van der Waals surface area contributed by atoms with Crippen LogP contribution in [0.3, 0.4) is 0 Å². The molecule has 1 unspecified atom stereocenters. The van der Waals surface area contributed by atoms with Gasteiger partial charge in [-0.15, -0.1) is 0 Å². The van der Waals surface area contributed by atoms with Crippen molar-refractivity contribution in [2.45, 2.75) is 46.0 Å². The number of hydrogen-bond acceptors (Lipinski definition) is 2. The highest BCUT2D eigenvalue weighted by atomic mass is 16.5. The van der Waals surface area contributed by atoms with Crippen molar-refractivity contribution in [3.63, 3.8) is 0 Å². The molecule has 74 valence electrons. The van der Waals surface area contributed by atoms with Gasteiger partial charge in [0.05, 0.1) is 0 Å². The maximum Gasteiger partial charge on any atom is 0.0235 e. The molecule has 0 aliphatic heterocycles. The second kappa shape index (κ2) is 7.56. The molecule has 0 aromatic carbocycles. The van der Waals surface area contributed by atoms with Crippen LogP contribution in [0.2, 0.25) is 0 Å². The van der Waals surface area contributed by atoms with Crippen molar-refractivity contribution >= 4 is 0 Å². The zero-order valence-electron chi connectivity index (χ0n) is 8.71. The van der Waals surface area contributed by atoms with E-state index in [4.69, 9.17) is 5.21 Å². The minimum atomic E-state index is 0.806. The Morgan fingerprint density at radius 2 is 1.92 bits per heavy atom. The van der Waals surface area contributed by atoms with E-state index < -0.39 is 0 Å². The minimum absolute atomic E-state index is 0.806. The van der Waals surface area contributed by atoms with Crippen LogP contribution >= 0.6 is 0 Å². The predicted molar refractivity (Wildman–Crippen MR) is 52.3 cm³/mol.